The maximum atomic E-state index is 12.3. The molecular weight excluding hydrogens is 336 g/mol. The highest BCUT2D eigenvalue weighted by Crippen LogP contribution is 2.27. The van der Waals surface area contributed by atoms with Gasteiger partial charge in [0.1, 0.15) is 5.60 Å². The van der Waals surface area contributed by atoms with Gasteiger partial charge in [-0.3, -0.25) is 9.59 Å². The van der Waals surface area contributed by atoms with Gasteiger partial charge in [0, 0.05) is 19.0 Å². The van der Waals surface area contributed by atoms with Crippen LogP contribution in [-0.4, -0.2) is 59.1 Å². The van der Waals surface area contributed by atoms with E-state index in [0.29, 0.717) is 32.2 Å². The molecule has 1 saturated carbocycles. The van der Waals surface area contributed by atoms with Crippen LogP contribution in [0.5, 0.6) is 0 Å². The first-order valence-electron chi connectivity index (χ1n) is 9.45. The molecule has 4 atom stereocenters. The van der Waals surface area contributed by atoms with Crippen molar-refractivity contribution in [2.24, 2.45) is 5.73 Å². The number of nitrogens with two attached hydrogens (primary N) is 1. The Bertz CT molecular complexity index is 546. The molecule has 1 aliphatic carbocycles. The third-order valence-corrected chi connectivity index (χ3v) is 4.88. The van der Waals surface area contributed by atoms with Gasteiger partial charge >= 0.3 is 6.09 Å². The van der Waals surface area contributed by atoms with E-state index in [1.165, 1.54) is 0 Å². The summed E-state index contributed by atoms with van der Waals surface area (Å²) >= 11 is 0. The maximum Gasteiger partial charge on any atom is 0.407 e. The number of nitrogens with one attached hydrogen (secondary N) is 2. The van der Waals surface area contributed by atoms with Crippen LogP contribution in [0.2, 0.25) is 0 Å². The molecule has 0 radical (unpaired) electrons. The van der Waals surface area contributed by atoms with E-state index in [-0.39, 0.29) is 29.9 Å². The van der Waals surface area contributed by atoms with Crippen LogP contribution in [0, 0.1) is 0 Å². The summed E-state index contributed by atoms with van der Waals surface area (Å²) in [5.41, 5.74) is 5.29. The van der Waals surface area contributed by atoms with Crippen LogP contribution < -0.4 is 16.4 Å². The number of nitrogens with zero attached hydrogens (tertiary/aromatic N) is 1. The van der Waals surface area contributed by atoms with E-state index in [9.17, 15) is 14.4 Å². The monoisotopic (exact) mass is 368 g/mol. The zero-order valence-electron chi connectivity index (χ0n) is 16.2. The fourth-order valence-corrected chi connectivity index (χ4v) is 3.65. The van der Waals surface area contributed by atoms with Crippen molar-refractivity contribution < 1.29 is 19.1 Å². The summed E-state index contributed by atoms with van der Waals surface area (Å²) in [6.45, 7) is 7.86. The van der Waals surface area contributed by atoms with Crippen LogP contribution in [-0.2, 0) is 14.3 Å². The quantitative estimate of drug-likeness (QED) is 0.682. The number of carbonyl (C=O) groups excluding carboxylic acids is 3. The van der Waals surface area contributed by atoms with Gasteiger partial charge in [-0.2, -0.15) is 0 Å². The average molecular weight is 368 g/mol. The minimum atomic E-state index is -0.560. The molecule has 8 heteroatoms. The van der Waals surface area contributed by atoms with E-state index in [0.717, 1.165) is 6.42 Å². The Morgan fingerprint density at radius 2 is 1.92 bits per heavy atom. The minimum absolute atomic E-state index is 0.0516. The lowest BCUT2D eigenvalue weighted by molar-refractivity contribution is -0.133. The van der Waals surface area contributed by atoms with Crippen molar-refractivity contribution in [1.29, 1.82) is 0 Å². The Kier molecular flexibility index (Phi) is 6.49. The van der Waals surface area contributed by atoms with E-state index < -0.39 is 17.7 Å². The standard InChI is InChI=1S/C18H32N4O4/c1-5-15(23)21-13-10-11(20-17(25)26-18(2,3)4)6-7-14(13)22-9-8-12(19)16(22)24/h11-14H,5-10,19H2,1-4H3,(H,20,25)(H,21,23)/t11-,12+,13-,14+/m1/s1. The molecule has 0 bridgehead atoms. The molecule has 148 valence electrons. The summed E-state index contributed by atoms with van der Waals surface area (Å²) < 4.78 is 5.32. The molecule has 3 amide bonds. The average Bonchev–Trinajstić information content (AvgIpc) is 2.85. The largest absolute Gasteiger partial charge is 0.444 e. The number of rotatable bonds is 4. The molecule has 0 spiro atoms. The van der Waals surface area contributed by atoms with Crippen molar-refractivity contribution in [3.63, 3.8) is 0 Å². The second kappa shape index (κ2) is 8.24. The molecule has 26 heavy (non-hydrogen) atoms. The van der Waals surface area contributed by atoms with Crippen LogP contribution in [0.1, 0.15) is 59.8 Å². The lowest BCUT2D eigenvalue weighted by Gasteiger charge is -2.41. The highest BCUT2D eigenvalue weighted by atomic mass is 16.6. The Hall–Kier alpha value is -1.83. The summed E-state index contributed by atoms with van der Waals surface area (Å²) in [7, 11) is 0. The number of alkyl carbamates (subject to hydrolysis) is 1. The summed E-state index contributed by atoms with van der Waals surface area (Å²) in [6.07, 6.45) is 2.55. The van der Waals surface area contributed by atoms with Gasteiger partial charge in [0.2, 0.25) is 11.8 Å². The molecule has 2 fully saturated rings. The molecule has 0 unspecified atom stereocenters. The van der Waals surface area contributed by atoms with Crippen LogP contribution in [0.4, 0.5) is 4.79 Å². The zero-order chi connectivity index (χ0) is 19.5. The SMILES string of the molecule is CCC(=O)N[C@@H]1C[C@H](NC(=O)OC(C)(C)C)CC[C@@H]1N1CC[C@H](N)C1=O. The fourth-order valence-electron chi connectivity index (χ4n) is 3.65. The summed E-state index contributed by atoms with van der Waals surface area (Å²) in [5.74, 6) is -0.113. The van der Waals surface area contributed by atoms with Gasteiger partial charge in [-0.25, -0.2) is 4.79 Å². The molecular formula is C18H32N4O4. The van der Waals surface area contributed by atoms with Crippen molar-refractivity contribution in [1.82, 2.24) is 15.5 Å². The van der Waals surface area contributed by atoms with Gasteiger partial charge in [0.05, 0.1) is 18.1 Å². The van der Waals surface area contributed by atoms with E-state index in [4.69, 9.17) is 10.5 Å². The zero-order valence-corrected chi connectivity index (χ0v) is 16.2. The predicted octanol–water partition coefficient (Wildman–Crippen LogP) is 0.887. The molecule has 0 aromatic rings. The van der Waals surface area contributed by atoms with E-state index in [1.807, 2.05) is 20.8 Å². The highest BCUT2D eigenvalue weighted by Gasteiger charge is 2.41. The molecule has 8 nitrogen and oxygen atoms in total. The number of amides is 3. The normalized spacial score (nSPS) is 29.4. The number of carbonyl (C=O) groups is 3. The van der Waals surface area contributed by atoms with Crippen LogP contribution >= 0.6 is 0 Å². The van der Waals surface area contributed by atoms with Crippen LogP contribution in [0.15, 0.2) is 0 Å². The van der Waals surface area contributed by atoms with Gasteiger partial charge in [0.25, 0.3) is 0 Å². The lowest BCUT2D eigenvalue weighted by atomic mass is 9.85. The van der Waals surface area contributed by atoms with E-state index in [2.05, 4.69) is 10.6 Å². The number of hydrogen-bond acceptors (Lipinski definition) is 5. The molecule has 2 rings (SSSR count). The molecule has 1 aliphatic heterocycles. The van der Waals surface area contributed by atoms with Gasteiger partial charge in [-0.05, 0) is 46.5 Å². The summed E-state index contributed by atoms with van der Waals surface area (Å²) in [6, 6.07) is -0.835. The number of ether oxygens (including phenoxy) is 1. The maximum absolute atomic E-state index is 12.3. The topological polar surface area (TPSA) is 114 Å². The highest BCUT2D eigenvalue weighted by molar-refractivity contribution is 5.84. The second-order valence-electron chi connectivity index (χ2n) is 8.18. The van der Waals surface area contributed by atoms with Gasteiger partial charge in [-0.15, -0.1) is 0 Å². The van der Waals surface area contributed by atoms with Crippen molar-refractivity contribution in [2.45, 2.75) is 89.6 Å². The van der Waals surface area contributed by atoms with Gasteiger partial charge < -0.3 is 26.0 Å². The second-order valence-corrected chi connectivity index (χ2v) is 8.18. The number of hydrogen-bond donors (Lipinski definition) is 3. The van der Waals surface area contributed by atoms with Crippen molar-refractivity contribution in [2.75, 3.05) is 6.54 Å². The van der Waals surface area contributed by atoms with Crippen molar-refractivity contribution >= 4 is 17.9 Å². The van der Waals surface area contributed by atoms with E-state index >= 15 is 0 Å². The van der Waals surface area contributed by atoms with Gasteiger partial charge in [-0.1, -0.05) is 6.92 Å². The number of likely N-dealkylation sites (tertiary alicyclic amines) is 1. The third kappa shape index (κ3) is 5.33. The smallest absolute Gasteiger partial charge is 0.407 e. The fraction of sp³-hybridized carbons (Fsp3) is 0.833. The first-order valence-corrected chi connectivity index (χ1v) is 9.45. The summed E-state index contributed by atoms with van der Waals surface area (Å²) in [4.78, 5) is 38.1. The minimum Gasteiger partial charge on any atom is -0.444 e. The molecule has 2 aliphatic rings. The Labute approximate surface area is 155 Å². The molecule has 1 heterocycles. The third-order valence-electron chi connectivity index (χ3n) is 4.88. The molecule has 0 aromatic heterocycles. The Morgan fingerprint density at radius 3 is 2.46 bits per heavy atom. The van der Waals surface area contributed by atoms with Crippen LogP contribution in [0.3, 0.4) is 0 Å². The first-order chi connectivity index (χ1) is 12.1. The lowest BCUT2D eigenvalue weighted by Crippen LogP contribution is -2.58. The van der Waals surface area contributed by atoms with Crippen LogP contribution in [0.25, 0.3) is 0 Å². The molecule has 4 N–H and O–H groups in total. The Morgan fingerprint density at radius 1 is 1.23 bits per heavy atom. The van der Waals surface area contributed by atoms with Crippen molar-refractivity contribution in [3.05, 3.63) is 0 Å². The van der Waals surface area contributed by atoms with Gasteiger partial charge in [0.15, 0.2) is 0 Å². The summed E-state index contributed by atoms with van der Waals surface area (Å²) in [5, 5.41) is 5.90. The predicted molar refractivity (Wildman–Crippen MR) is 97.3 cm³/mol. The Balaban J connectivity index is 2.03. The first kappa shape index (κ1) is 20.5. The van der Waals surface area contributed by atoms with E-state index in [1.54, 1.807) is 11.8 Å². The van der Waals surface area contributed by atoms with Crippen molar-refractivity contribution in [3.8, 4) is 0 Å². The molecule has 0 aromatic carbocycles. The molecule has 1 saturated heterocycles.